The standard InChI is InChI=1S/C13H12Cl2N2O2/c14-9-5-4-7(6-10(9)15)17-12(18)8-2-1-3-11(8)16-13(17)19/h4-6,8,11H,1-3H2,(H,16,19). The molecule has 100 valence electrons. The molecule has 3 amide bonds. The Hall–Kier alpha value is -1.26. The Morgan fingerprint density at radius 1 is 1.16 bits per heavy atom. The van der Waals surface area contributed by atoms with Crippen LogP contribution in [0.4, 0.5) is 10.5 Å². The summed E-state index contributed by atoms with van der Waals surface area (Å²) in [5.41, 5.74) is 0.460. The molecule has 1 saturated carbocycles. The summed E-state index contributed by atoms with van der Waals surface area (Å²) in [5.74, 6) is -0.267. The van der Waals surface area contributed by atoms with Gasteiger partial charge in [0.2, 0.25) is 5.91 Å². The fourth-order valence-electron chi connectivity index (χ4n) is 2.79. The number of carbonyl (C=O) groups is 2. The van der Waals surface area contributed by atoms with Crippen LogP contribution in [0.1, 0.15) is 19.3 Å². The lowest BCUT2D eigenvalue weighted by atomic mass is 9.99. The minimum absolute atomic E-state index is 0.0148. The number of anilines is 1. The van der Waals surface area contributed by atoms with Crippen LogP contribution in [0.15, 0.2) is 18.2 Å². The Kier molecular flexibility index (Phi) is 3.15. The first-order valence-corrected chi connectivity index (χ1v) is 6.93. The molecular formula is C13H12Cl2N2O2. The lowest BCUT2D eigenvalue weighted by Gasteiger charge is -2.34. The largest absolute Gasteiger partial charge is 0.334 e. The number of hydrogen-bond donors (Lipinski definition) is 1. The molecule has 6 heteroatoms. The first-order valence-electron chi connectivity index (χ1n) is 6.17. The van der Waals surface area contributed by atoms with Gasteiger partial charge in [-0.3, -0.25) is 4.79 Å². The van der Waals surface area contributed by atoms with E-state index in [2.05, 4.69) is 5.32 Å². The van der Waals surface area contributed by atoms with Gasteiger partial charge in [-0.05, 0) is 31.0 Å². The van der Waals surface area contributed by atoms with E-state index in [0.29, 0.717) is 15.7 Å². The number of fused-ring (bicyclic) bond motifs is 1. The summed E-state index contributed by atoms with van der Waals surface area (Å²) in [6, 6.07) is 4.35. The fourth-order valence-corrected chi connectivity index (χ4v) is 3.08. The molecular weight excluding hydrogens is 287 g/mol. The van der Waals surface area contributed by atoms with Gasteiger partial charge in [0.25, 0.3) is 0 Å². The van der Waals surface area contributed by atoms with E-state index in [0.717, 1.165) is 24.2 Å². The molecule has 0 spiro atoms. The maximum absolute atomic E-state index is 12.4. The molecule has 2 aliphatic rings. The topological polar surface area (TPSA) is 49.4 Å². The molecule has 1 N–H and O–H groups in total. The minimum Gasteiger partial charge on any atom is -0.334 e. The van der Waals surface area contributed by atoms with Gasteiger partial charge < -0.3 is 5.32 Å². The lowest BCUT2D eigenvalue weighted by Crippen LogP contribution is -2.58. The summed E-state index contributed by atoms with van der Waals surface area (Å²) < 4.78 is 0. The molecule has 3 rings (SSSR count). The van der Waals surface area contributed by atoms with Gasteiger partial charge in [0.05, 0.1) is 21.7 Å². The monoisotopic (exact) mass is 298 g/mol. The van der Waals surface area contributed by atoms with Crippen LogP contribution in [0.2, 0.25) is 10.0 Å². The van der Waals surface area contributed by atoms with Crippen LogP contribution in [0.5, 0.6) is 0 Å². The van der Waals surface area contributed by atoms with Crippen molar-refractivity contribution in [3.05, 3.63) is 28.2 Å². The molecule has 2 atom stereocenters. The third-order valence-corrected chi connectivity index (χ3v) is 4.47. The first kappa shape index (κ1) is 12.8. The molecule has 0 aromatic heterocycles. The van der Waals surface area contributed by atoms with E-state index < -0.39 is 0 Å². The number of hydrogen-bond acceptors (Lipinski definition) is 2. The zero-order valence-electron chi connectivity index (χ0n) is 10.0. The molecule has 2 fully saturated rings. The van der Waals surface area contributed by atoms with Crippen molar-refractivity contribution in [3.63, 3.8) is 0 Å². The van der Waals surface area contributed by atoms with Crippen molar-refractivity contribution in [2.45, 2.75) is 25.3 Å². The Balaban J connectivity index is 1.96. The summed E-state index contributed by atoms with van der Waals surface area (Å²) in [5, 5.41) is 3.61. The van der Waals surface area contributed by atoms with Crippen LogP contribution in [-0.4, -0.2) is 18.0 Å². The minimum atomic E-state index is -0.383. The average molecular weight is 299 g/mol. The number of nitrogens with zero attached hydrogens (tertiary/aromatic N) is 1. The number of nitrogens with one attached hydrogen (secondary N) is 1. The van der Waals surface area contributed by atoms with Gasteiger partial charge in [0.1, 0.15) is 0 Å². The summed E-state index contributed by atoms with van der Waals surface area (Å²) >= 11 is 11.8. The van der Waals surface area contributed by atoms with Crippen molar-refractivity contribution in [1.82, 2.24) is 5.32 Å². The Bertz CT molecular complexity index is 562. The number of halogens is 2. The number of imide groups is 1. The molecule has 1 saturated heterocycles. The smallest absolute Gasteiger partial charge is 0.328 e. The van der Waals surface area contributed by atoms with E-state index >= 15 is 0 Å². The summed E-state index contributed by atoms with van der Waals surface area (Å²) in [6.45, 7) is 0. The van der Waals surface area contributed by atoms with Gasteiger partial charge in [-0.25, -0.2) is 9.69 Å². The highest BCUT2D eigenvalue weighted by Crippen LogP contribution is 2.34. The molecule has 0 bridgehead atoms. The maximum atomic E-state index is 12.4. The van der Waals surface area contributed by atoms with Crippen LogP contribution in [-0.2, 0) is 4.79 Å². The van der Waals surface area contributed by atoms with Crippen LogP contribution in [0.25, 0.3) is 0 Å². The molecule has 1 aliphatic carbocycles. The van der Waals surface area contributed by atoms with Crippen molar-refractivity contribution in [1.29, 1.82) is 0 Å². The van der Waals surface area contributed by atoms with E-state index in [4.69, 9.17) is 23.2 Å². The van der Waals surface area contributed by atoms with Crippen molar-refractivity contribution < 1.29 is 9.59 Å². The van der Waals surface area contributed by atoms with Crippen LogP contribution in [0, 0.1) is 5.92 Å². The Morgan fingerprint density at radius 2 is 1.95 bits per heavy atom. The molecule has 2 unspecified atom stereocenters. The second kappa shape index (κ2) is 4.69. The van der Waals surface area contributed by atoms with Crippen molar-refractivity contribution in [2.75, 3.05) is 4.90 Å². The third kappa shape index (κ3) is 2.09. The summed E-state index contributed by atoms with van der Waals surface area (Å²) in [6.07, 6.45) is 2.66. The van der Waals surface area contributed by atoms with E-state index in [9.17, 15) is 9.59 Å². The quantitative estimate of drug-likeness (QED) is 0.865. The van der Waals surface area contributed by atoms with E-state index in [1.807, 2.05) is 0 Å². The SMILES string of the molecule is O=C1NC2CCCC2C(=O)N1c1ccc(Cl)c(Cl)c1. The molecule has 1 aromatic rings. The normalized spacial score (nSPS) is 26.3. The third-order valence-electron chi connectivity index (χ3n) is 3.73. The lowest BCUT2D eigenvalue weighted by molar-refractivity contribution is -0.122. The van der Waals surface area contributed by atoms with Gasteiger partial charge in [-0.1, -0.05) is 29.6 Å². The van der Waals surface area contributed by atoms with Crippen LogP contribution in [0.3, 0.4) is 0 Å². The summed E-state index contributed by atoms with van der Waals surface area (Å²) in [4.78, 5) is 25.6. The average Bonchev–Trinajstić information content (AvgIpc) is 2.82. The van der Waals surface area contributed by atoms with Crippen LogP contribution >= 0.6 is 23.2 Å². The molecule has 1 aliphatic heterocycles. The van der Waals surface area contributed by atoms with E-state index in [1.165, 1.54) is 6.07 Å². The second-order valence-corrected chi connectivity index (χ2v) is 5.68. The second-order valence-electron chi connectivity index (χ2n) is 4.87. The van der Waals surface area contributed by atoms with Crippen molar-refractivity contribution in [2.24, 2.45) is 5.92 Å². The molecule has 4 nitrogen and oxygen atoms in total. The number of rotatable bonds is 1. The number of benzene rings is 1. The van der Waals surface area contributed by atoms with Gasteiger partial charge in [0, 0.05) is 6.04 Å². The number of carbonyl (C=O) groups excluding carboxylic acids is 2. The van der Waals surface area contributed by atoms with Gasteiger partial charge in [-0.15, -0.1) is 0 Å². The van der Waals surface area contributed by atoms with Crippen molar-refractivity contribution in [3.8, 4) is 0 Å². The first-order chi connectivity index (χ1) is 9.08. The maximum Gasteiger partial charge on any atom is 0.328 e. The fraction of sp³-hybridized carbons (Fsp3) is 0.385. The molecule has 19 heavy (non-hydrogen) atoms. The van der Waals surface area contributed by atoms with Gasteiger partial charge in [-0.2, -0.15) is 0 Å². The van der Waals surface area contributed by atoms with Gasteiger partial charge in [0.15, 0.2) is 0 Å². The zero-order valence-corrected chi connectivity index (χ0v) is 11.5. The van der Waals surface area contributed by atoms with E-state index in [1.54, 1.807) is 12.1 Å². The Labute approximate surface area is 120 Å². The molecule has 1 aromatic carbocycles. The predicted octanol–water partition coefficient (Wildman–Crippen LogP) is 3.22. The van der Waals surface area contributed by atoms with Crippen molar-refractivity contribution >= 4 is 40.8 Å². The highest BCUT2D eigenvalue weighted by atomic mass is 35.5. The highest BCUT2D eigenvalue weighted by Gasteiger charge is 2.44. The van der Waals surface area contributed by atoms with Crippen LogP contribution < -0.4 is 10.2 Å². The van der Waals surface area contributed by atoms with Gasteiger partial charge >= 0.3 is 6.03 Å². The highest BCUT2D eigenvalue weighted by molar-refractivity contribution is 6.42. The Morgan fingerprint density at radius 3 is 2.68 bits per heavy atom. The molecule has 1 heterocycles. The number of amides is 3. The summed E-state index contributed by atoms with van der Waals surface area (Å²) in [7, 11) is 0. The zero-order chi connectivity index (χ0) is 13.6. The predicted molar refractivity (Wildman–Crippen MR) is 73.6 cm³/mol. The number of urea groups is 1. The van der Waals surface area contributed by atoms with E-state index in [-0.39, 0.29) is 23.9 Å². The molecule has 0 radical (unpaired) electrons.